The quantitative estimate of drug-likeness (QED) is 0.169. The summed E-state index contributed by atoms with van der Waals surface area (Å²) in [5.41, 5.74) is 14.8. The Bertz CT molecular complexity index is 2700. The number of benzene rings is 8. The van der Waals surface area contributed by atoms with Crippen LogP contribution in [0.1, 0.15) is 23.6 Å². The molecule has 0 spiro atoms. The molecule has 9 aromatic rings. The monoisotopic (exact) mass is 681 g/mol. The molecule has 1 aliphatic carbocycles. The molecule has 0 saturated heterocycles. The molecule has 10 rings (SSSR count). The molecule has 2 heteroatoms. The molecule has 8 aromatic carbocycles. The van der Waals surface area contributed by atoms with Crippen molar-refractivity contribution in [2.45, 2.75) is 12.3 Å². The lowest BCUT2D eigenvalue weighted by molar-refractivity contribution is 0.715. The van der Waals surface area contributed by atoms with Crippen molar-refractivity contribution in [3.63, 3.8) is 0 Å². The standard InChI is InChI=1S/C50H35NS/c1-50(45-23-10-8-20-41(45)42-21-9-11-24-46(42)50)38-28-31-43-44-22-13-25-47(49(44)52-48(43)33-38)51(39-29-26-36(27-30-39)34-14-4-2-5-15-34)40-19-12-18-37(32-40)35-16-6-3-7-17-35/h2-33H,1H3. The molecule has 0 aliphatic heterocycles. The van der Waals surface area contributed by atoms with Crippen molar-refractivity contribution in [2.75, 3.05) is 4.90 Å². The number of hydrogen-bond acceptors (Lipinski definition) is 2. The van der Waals surface area contributed by atoms with Gasteiger partial charge in [-0.3, -0.25) is 0 Å². The van der Waals surface area contributed by atoms with Crippen molar-refractivity contribution in [1.29, 1.82) is 0 Å². The molecule has 1 aliphatic rings. The Labute approximate surface area is 308 Å². The van der Waals surface area contributed by atoms with Gasteiger partial charge >= 0.3 is 0 Å². The lowest BCUT2D eigenvalue weighted by atomic mass is 9.74. The Hall–Kier alpha value is -6.22. The average Bonchev–Trinajstić information content (AvgIpc) is 3.73. The van der Waals surface area contributed by atoms with Gasteiger partial charge < -0.3 is 4.90 Å². The van der Waals surface area contributed by atoms with Gasteiger partial charge in [0.2, 0.25) is 0 Å². The first-order valence-electron chi connectivity index (χ1n) is 17.9. The summed E-state index contributed by atoms with van der Waals surface area (Å²) < 4.78 is 2.59. The van der Waals surface area contributed by atoms with Gasteiger partial charge in [0.1, 0.15) is 0 Å². The fourth-order valence-electron chi connectivity index (χ4n) is 8.35. The third kappa shape index (κ3) is 4.83. The van der Waals surface area contributed by atoms with Crippen LogP contribution in [0.25, 0.3) is 53.6 Å². The van der Waals surface area contributed by atoms with Crippen LogP contribution in [0.5, 0.6) is 0 Å². The Morgan fingerprint density at radius 3 is 1.69 bits per heavy atom. The lowest BCUT2D eigenvalue weighted by Gasteiger charge is -2.28. The molecule has 0 saturated carbocycles. The SMILES string of the molecule is CC1(c2ccc3c(c2)sc2c(N(c4ccc(-c5ccccc5)cc4)c4cccc(-c5ccccc5)c4)cccc23)c2ccccc2-c2ccccc21. The van der Waals surface area contributed by atoms with E-state index in [-0.39, 0.29) is 5.41 Å². The second-order valence-electron chi connectivity index (χ2n) is 13.8. The van der Waals surface area contributed by atoms with E-state index in [1.807, 2.05) is 11.3 Å². The zero-order chi connectivity index (χ0) is 34.6. The van der Waals surface area contributed by atoms with E-state index in [4.69, 9.17) is 0 Å². The molecular formula is C50H35NS. The van der Waals surface area contributed by atoms with Gasteiger partial charge in [0.15, 0.2) is 0 Å². The molecule has 246 valence electrons. The maximum Gasteiger partial charge on any atom is 0.0640 e. The van der Waals surface area contributed by atoms with Gasteiger partial charge in [-0.25, -0.2) is 0 Å². The topological polar surface area (TPSA) is 3.24 Å². The van der Waals surface area contributed by atoms with Crippen LogP contribution < -0.4 is 4.90 Å². The zero-order valence-electron chi connectivity index (χ0n) is 28.8. The van der Waals surface area contributed by atoms with Gasteiger partial charge in [-0.1, -0.05) is 158 Å². The minimum absolute atomic E-state index is 0.231. The highest BCUT2D eigenvalue weighted by atomic mass is 32.1. The van der Waals surface area contributed by atoms with Gasteiger partial charge in [-0.2, -0.15) is 0 Å². The van der Waals surface area contributed by atoms with Crippen molar-refractivity contribution >= 4 is 48.6 Å². The third-order valence-electron chi connectivity index (χ3n) is 11.0. The van der Waals surface area contributed by atoms with Gasteiger partial charge in [-0.15, -0.1) is 11.3 Å². The van der Waals surface area contributed by atoms with Crippen LogP contribution in [0.3, 0.4) is 0 Å². The van der Waals surface area contributed by atoms with Crippen molar-refractivity contribution in [2.24, 2.45) is 0 Å². The van der Waals surface area contributed by atoms with E-state index < -0.39 is 0 Å². The summed E-state index contributed by atoms with van der Waals surface area (Å²) in [6.45, 7) is 2.40. The summed E-state index contributed by atoms with van der Waals surface area (Å²) in [7, 11) is 0. The van der Waals surface area contributed by atoms with Crippen LogP contribution >= 0.6 is 11.3 Å². The predicted octanol–water partition coefficient (Wildman–Crippen LogP) is 14.2. The molecule has 1 aromatic heterocycles. The molecule has 1 heterocycles. The number of hydrogen-bond donors (Lipinski definition) is 0. The van der Waals surface area contributed by atoms with Crippen molar-refractivity contribution in [1.82, 2.24) is 0 Å². The van der Waals surface area contributed by atoms with Crippen LogP contribution in [-0.2, 0) is 5.41 Å². The number of thiophene rings is 1. The second kappa shape index (κ2) is 12.2. The van der Waals surface area contributed by atoms with E-state index in [9.17, 15) is 0 Å². The Kier molecular flexibility index (Phi) is 7.19. The summed E-state index contributed by atoms with van der Waals surface area (Å²) in [5, 5.41) is 2.58. The van der Waals surface area contributed by atoms with E-state index in [2.05, 4.69) is 206 Å². The molecule has 0 fully saturated rings. The zero-order valence-corrected chi connectivity index (χ0v) is 29.6. The highest BCUT2D eigenvalue weighted by Gasteiger charge is 2.40. The number of rotatable bonds is 6. The first-order chi connectivity index (χ1) is 25.7. The smallest absolute Gasteiger partial charge is 0.0640 e. The first-order valence-corrected chi connectivity index (χ1v) is 18.7. The maximum absolute atomic E-state index is 2.46. The molecule has 0 atom stereocenters. The van der Waals surface area contributed by atoms with Gasteiger partial charge in [0.25, 0.3) is 0 Å². The highest BCUT2D eigenvalue weighted by molar-refractivity contribution is 7.26. The molecule has 0 bridgehead atoms. The third-order valence-corrected chi connectivity index (χ3v) is 12.2. The summed E-state index contributed by atoms with van der Waals surface area (Å²) in [6.07, 6.45) is 0. The number of anilines is 3. The first kappa shape index (κ1) is 30.6. The average molecular weight is 682 g/mol. The Morgan fingerprint density at radius 2 is 1.00 bits per heavy atom. The summed E-state index contributed by atoms with van der Waals surface area (Å²) in [6, 6.07) is 71.1. The largest absolute Gasteiger partial charge is 0.309 e. The highest BCUT2D eigenvalue weighted by Crippen LogP contribution is 2.53. The minimum atomic E-state index is -0.231. The number of nitrogens with zero attached hydrogens (tertiary/aromatic N) is 1. The summed E-state index contributed by atoms with van der Waals surface area (Å²) in [5.74, 6) is 0. The van der Waals surface area contributed by atoms with Crippen molar-refractivity contribution in [3.05, 3.63) is 211 Å². The molecule has 0 N–H and O–H groups in total. The fourth-order valence-corrected chi connectivity index (χ4v) is 9.60. The summed E-state index contributed by atoms with van der Waals surface area (Å²) in [4.78, 5) is 2.44. The van der Waals surface area contributed by atoms with E-state index >= 15 is 0 Å². The Balaban J connectivity index is 1.15. The van der Waals surface area contributed by atoms with E-state index in [0.29, 0.717) is 0 Å². The van der Waals surface area contributed by atoms with E-state index in [1.165, 1.54) is 75.9 Å². The van der Waals surface area contributed by atoms with E-state index in [1.54, 1.807) is 0 Å². The normalized spacial score (nSPS) is 12.9. The molecule has 0 unspecified atom stereocenters. The van der Waals surface area contributed by atoms with Crippen LogP contribution in [0.15, 0.2) is 194 Å². The maximum atomic E-state index is 2.46. The van der Waals surface area contributed by atoms with Gasteiger partial charge in [-0.05, 0) is 93.4 Å². The van der Waals surface area contributed by atoms with Gasteiger partial charge in [0, 0.05) is 32.3 Å². The van der Waals surface area contributed by atoms with Crippen LogP contribution in [-0.4, -0.2) is 0 Å². The predicted molar refractivity (Wildman–Crippen MR) is 222 cm³/mol. The molecule has 52 heavy (non-hydrogen) atoms. The molecule has 1 nitrogen and oxygen atoms in total. The molecule has 0 radical (unpaired) electrons. The minimum Gasteiger partial charge on any atom is -0.309 e. The van der Waals surface area contributed by atoms with Crippen molar-refractivity contribution < 1.29 is 0 Å². The lowest BCUT2D eigenvalue weighted by Crippen LogP contribution is -2.22. The van der Waals surface area contributed by atoms with Crippen LogP contribution in [0, 0.1) is 0 Å². The fraction of sp³-hybridized carbons (Fsp3) is 0.0400. The second-order valence-corrected chi connectivity index (χ2v) is 14.9. The molecule has 0 amide bonds. The number of fused-ring (bicyclic) bond motifs is 6. The van der Waals surface area contributed by atoms with Gasteiger partial charge in [0.05, 0.1) is 10.4 Å². The molecular weight excluding hydrogens is 647 g/mol. The van der Waals surface area contributed by atoms with E-state index in [0.717, 1.165) is 11.4 Å². The van der Waals surface area contributed by atoms with Crippen LogP contribution in [0.2, 0.25) is 0 Å². The Morgan fingerprint density at radius 1 is 0.423 bits per heavy atom. The van der Waals surface area contributed by atoms with Crippen LogP contribution in [0.4, 0.5) is 17.1 Å². The summed E-state index contributed by atoms with van der Waals surface area (Å²) >= 11 is 1.90. The van der Waals surface area contributed by atoms with Crippen molar-refractivity contribution in [3.8, 4) is 33.4 Å².